The Morgan fingerprint density at radius 1 is 1.26 bits per heavy atom. The maximum atomic E-state index is 8.56. The van der Waals surface area contributed by atoms with Crippen molar-refractivity contribution in [1.82, 2.24) is 0 Å². The van der Waals surface area contributed by atoms with Gasteiger partial charge >= 0.3 is 6.16 Å². The monoisotopic (exact) mass is 262 g/mol. The maximum absolute atomic E-state index is 8.56. The molecule has 1 aromatic rings. The number of carbonyl (C=O) groups is 1. The zero-order valence-electron chi connectivity index (χ0n) is 11.8. The summed E-state index contributed by atoms with van der Waals surface area (Å²) in [5.41, 5.74) is 3.05. The smallest absolute Gasteiger partial charge is 0.450 e. The van der Waals surface area contributed by atoms with Gasteiger partial charge in [0.1, 0.15) is 0 Å². The van der Waals surface area contributed by atoms with Crippen molar-refractivity contribution in [2.75, 3.05) is 0 Å². The topological polar surface area (TPSA) is 57.5 Å². The number of carboxylic acid groups (broad SMARTS) is 2. The molecule has 0 bridgehead atoms. The second kappa shape index (κ2) is 6.41. The molecule has 0 saturated carbocycles. The lowest BCUT2D eigenvalue weighted by molar-refractivity contribution is 0.137. The summed E-state index contributed by atoms with van der Waals surface area (Å²) in [6.07, 6.45) is 5.40. The number of hydrogen-bond acceptors (Lipinski definition) is 1. The van der Waals surface area contributed by atoms with E-state index < -0.39 is 6.16 Å². The van der Waals surface area contributed by atoms with E-state index in [0.29, 0.717) is 0 Å². The van der Waals surface area contributed by atoms with E-state index in [2.05, 4.69) is 57.2 Å². The molecule has 2 unspecified atom stereocenters. The molecule has 3 heteroatoms. The van der Waals surface area contributed by atoms with Crippen molar-refractivity contribution in [1.29, 1.82) is 0 Å². The predicted molar refractivity (Wildman–Crippen MR) is 76.7 cm³/mol. The van der Waals surface area contributed by atoms with Gasteiger partial charge in [-0.3, -0.25) is 0 Å². The molecule has 0 saturated heterocycles. The van der Waals surface area contributed by atoms with Gasteiger partial charge in [0.2, 0.25) is 0 Å². The Labute approximate surface area is 114 Å². The molecule has 0 fully saturated rings. The fourth-order valence-corrected chi connectivity index (χ4v) is 2.58. The molecule has 0 aromatic heterocycles. The first kappa shape index (κ1) is 15.3. The molecule has 0 heterocycles. The van der Waals surface area contributed by atoms with Crippen LogP contribution < -0.4 is 0 Å². The first-order valence-electron chi connectivity index (χ1n) is 6.50. The molecule has 2 rings (SSSR count). The quantitative estimate of drug-likeness (QED) is 0.734. The zero-order chi connectivity index (χ0) is 14.5. The molecule has 19 heavy (non-hydrogen) atoms. The Morgan fingerprint density at radius 2 is 1.79 bits per heavy atom. The molecule has 1 aliphatic rings. The first-order chi connectivity index (χ1) is 8.83. The Hall–Kier alpha value is -1.77. The van der Waals surface area contributed by atoms with Crippen molar-refractivity contribution in [2.24, 2.45) is 5.92 Å². The van der Waals surface area contributed by atoms with Crippen molar-refractivity contribution in [3.05, 3.63) is 47.5 Å². The normalized spacial score (nSPS) is 25.3. The standard InChI is InChI=1S/C15H20.CH2O3/c1-12-6-8-14(9-7-12)15(3)10-4-5-13(2)11-15;2-1(3)4/h4,6-10,13H,5,11H2,1-3H3;(H2,2,3,4). The van der Waals surface area contributed by atoms with Gasteiger partial charge in [0.25, 0.3) is 0 Å². The third-order valence-electron chi connectivity index (χ3n) is 3.51. The lowest BCUT2D eigenvalue weighted by Crippen LogP contribution is -2.24. The number of allylic oxidation sites excluding steroid dienone is 2. The van der Waals surface area contributed by atoms with Crippen molar-refractivity contribution in [3.63, 3.8) is 0 Å². The molecule has 0 amide bonds. The second-order valence-electron chi connectivity index (χ2n) is 5.51. The largest absolute Gasteiger partial charge is 0.503 e. The van der Waals surface area contributed by atoms with Gasteiger partial charge in [0, 0.05) is 5.41 Å². The van der Waals surface area contributed by atoms with E-state index in [0.717, 1.165) is 5.92 Å². The number of hydrogen-bond donors (Lipinski definition) is 2. The minimum Gasteiger partial charge on any atom is -0.450 e. The maximum Gasteiger partial charge on any atom is 0.503 e. The summed E-state index contributed by atoms with van der Waals surface area (Å²) in [7, 11) is 0. The fourth-order valence-electron chi connectivity index (χ4n) is 2.58. The van der Waals surface area contributed by atoms with E-state index in [1.54, 1.807) is 0 Å². The van der Waals surface area contributed by atoms with E-state index >= 15 is 0 Å². The van der Waals surface area contributed by atoms with E-state index in [-0.39, 0.29) is 5.41 Å². The van der Waals surface area contributed by atoms with Gasteiger partial charge < -0.3 is 10.2 Å². The molecule has 2 N–H and O–H groups in total. The summed E-state index contributed by atoms with van der Waals surface area (Å²) >= 11 is 0. The van der Waals surface area contributed by atoms with Crippen molar-refractivity contribution in [2.45, 2.75) is 39.0 Å². The van der Waals surface area contributed by atoms with Crippen LogP contribution in [0, 0.1) is 12.8 Å². The molecule has 0 aliphatic heterocycles. The van der Waals surface area contributed by atoms with Gasteiger partial charge in [-0.15, -0.1) is 0 Å². The number of benzene rings is 1. The lowest BCUT2D eigenvalue weighted by Gasteiger charge is -2.33. The molecule has 1 aromatic carbocycles. The Morgan fingerprint density at radius 3 is 2.26 bits per heavy atom. The highest BCUT2D eigenvalue weighted by atomic mass is 16.6. The highest BCUT2D eigenvalue weighted by Gasteiger charge is 2.27. The lowest BCUT2D eigenvalue weighted by atomic mass is 9.71. The Bertz CT molecular complexity index is 444. The minimum atomic E-state index is -1.83. The van der Waals surface area contributed by atoms with Crippen molar-refractivity contribution in [3.8, 4) is 0 Å². The van der Waals surface area contributed by atoms with Crippen molar-refractivity contribution >= 4 is 6.16 Å². The third-order valence-corrected chi connectivity index (χ3v) is 3.51. The van der Waals surface area contributed by atoms with Gasteiger partial charge in [-0.1, -0.05) is 55.8 Å². The fraction of sp³-hybridized carbons (Fsp3) is 0.438. The highest BCUT2D eigenvalue weighted by Crippen LogP contribution is 2.37. The summed E-state index contributed by atoms with van der Waals surface area (Å²) in [5.74, 6) is 0.807. The molecular formula is C16H22O3. The Kier molecular flexibility index (Phi) is 5.16. The summed E-state index contributed by atoms with van der Waals surface area (Å²) in [6, 6.07) is 8.98. The number of aryl methyl sites for hydroxylation is 1. The van der Waals surface area contributed by atoms with Crippen LogP contribution in [-0.4, -0.2) is 16.4 Å². The van der Waals surface area contributed by atoms with Gasteiger partial charge in [0.15, 0.2) is 0 Å². The van der Waals surface area contributed by atoms with Crippen LogP contribution in [0.25, 0.3) is 0 Å². The summed E-state index contributed by atoms with van der Waals surface area (Å²) < 4.78 is 0. The van der Waals surface area contributed by atoms with Gasteiger partial charge in [-0.05, 0) is 31.2 Å². The summed E-state index contributed by atoms with van der Waals surface area (Å²) in [5, 5.41) is 13.9. The van der Waals surface area contributed by atoms with Gasteiger partial charge in [0.05, 0.1) is 0 Å². The Balaban J connectivity index is 0.000000399. The molecule has 0 spiro atoms. The molecule has 3 nitrogen and oxygen atoms in total. The average Bonchev–Trinajstić information content (AvgIpc) is 2.28. The van der Waals surface area contributed by atoms with Crippen LogP contribution in [0.2, 0.25) is 0 Å². The molecular weight excluding hydrogens is 240 g/mol. The van der Waals surface area contributed by atoms with Crippen LogP contribution >= 0.6 is 0 Å². The van der Waals surface area contributed by atoms with Crippen LogP contribution in [0.5, 0.6) is 0 Å². The van der Waals surface area contributed by atoms with Crippen LogP contribution in [0.4, 0.5) is 4.79 Å². The highest BCUT2D eigenvalue weighted by molar-refractivity contribution is 5.53. The van der Waals surface area contributed by atoms with Gasteiger partial charge in [-0.25, -0.2) is 4.79 Å². The average molecular weight is 262 g/mol. The summed E-state index contributed by atoms with van der Waals surface area (Å²) in [4.78, 5) is 8.56. The van der Waals surface area contributed by atoms with E-state index in [9.17, 15) is 0 Å². The first-order valence-corrected chi connectivity index (χ1v) is 6.50. The van der Waals surface area contributed by atoms with Crippen LogP contribution in [0.1, 0.15) is 37.8 Å². The van der Waals surface area contributed by atoms with Gasteiger partial charge in [-0.2, -0.15) is 0 Å². The van der Waals surface area contributed by atoms with E-state index in [1.807, 2.05) is 0 Å². The summed E-state index contributed by atoms with van der Waals surface area (Å²) in [6.45, 7) is 6.84. The zero-order valence-corrected chi connectivity index (χ0v) is 11.8. The SMILES string of the molecule is Cc1ccc(C2(C)C=CCC(C)C2)cc1.O=C(O)O. The van der Waals surface area contributed by atoms with Crippen LogP contribution in [-0.2, 0) is 5.41 Å². The van der Waals surface area contributed by atoms with E-state index in [1.165, 1.54) is 24.0 Å². The molecule has 2 atom stereocenters. The molecule has 0 radical (unpaired) electrons. The molecule has 1 aliphatic carbocycles. The van der Waals surface area contributed by atoms with Crippen LogP contribution in [0.15, 0.2) is 36.4 Å². The van der Waals surface area contributed by atoms with Crippen LogP contribution in [0.3, 0.4) is 0 Å². The predicted octanol–water partition coefficient (Wildman–Crippen LogP) is 4.46. The minimum absolute atomic E-state index is 0.255. The number of rotatable bonds is 1. The third kappa shape index (κ3) is 4.78. The van der Waals surface area contributed by atoms with Crippen molar-refractivity contribution < 1.29 is 15.0 Å². The molecule has 104 valence electrons. The second-order valence-corrected chi connectivity index (χ2v) is 5.51. The van der Waals surface area contributed by atoms with E-state index in [4.69, 9.17) is 15.0 Å².